The Balaban J connectivity index is 1.96. The minimum Gasteiger partial charge on any atom is -0.396 e. The summed E-state index contributed by atoms with van der Waals surface area (Å²) >= 11 is 1.06. The van der Waals surface area contributed by atoms with Crippen LogP contribution in [0.15, 0.2) is 6.20 Å². The molecule has 88 valence electrons. The molecular formula is C10H15N3O2S. The summed E-state index contributed by atoms with van der Waals surface area (Å²) in [5, 5.41) is 8.90. The first-order valence-corrected chi connectivity index (χ1v) is 6.22. The van der Waals surface area contributed by atoms with Gasteiger partial charge in [0.05, 0.1) is 17.9 Å². The van der Waals surface area contributed by atoms with Gasteiger partial charge in [-0.05, 0) is 25.2 Å². The number of likely N-dealkylation sites (tertiary alicyclic amines) is 1. The molecule has 0 aromatic carbocycles. The van der Waals surface area contributed by atoms with Crippen LogP contribution in [-0.2, 0) is 0 Å². The summed E-state index contributed by atoms with van der Waals surface area (Å²) in [5.41, 5.74) is 0.439. The van der Waals surface area contributed by atoms with Crippen LogP contribution in [0, 0.1) is 5.92 Å². The molecule has 0 aliphatic carbocycles. The van der Waals surface area contributed by atoms with Crippen molar-refractivity contribution in [2.75, 3.05) is 19.7 Å². The van der Waals surface area contributed by atoms with Crippen LogP contribution in [0.1, 0.15) is 29.8 Å². The van der Waals surface area contributed by atoms with E-state index in [9.17, 15) is 4.79 Å². The first kappa shape index (κ1) is 11.5. The third-order valence-electron chi connectivity index (χ3n) is 2.92. The molecular weight excluding hydrogens is 226 g/mol. The average molecular weight is 241 g/mol. The number of carbonyl (C=O) groups excluding carboxylic acids is 1. The molecule has 1 N–H and O–H groups in total. The number of hydrogen-bond donors (Lipinski definition) is 1. The van der Waals surface area contributed by atoms with E-state index in [-0.39, 0.29) is 12.5 Å². The van der Waals surface area contributed by atoms with Gasteiger partial charge >= 0.3 is 0 Å². The zero-order valence-corrected chi connectivity index (χ0v) is 9.82. The molecule has 0 radical (unpaired) electrons. The topological polar surface area (TPSA) is 66.3 Å². The minimum atomic E-state index is -0.0311. The van der Waals surface area contributed by atoms with Crippen molar-refractivity contribution in [3.63, 3.8) is 0 Å². The second-order valence-corrected chi connectivity index (χ2v) is 4.62. The maximum atomic E-state index is 12.0. The molecule has 5 nitrogen and oxygen atoms in total. The van der Waals surface area contributed by atoms with Crippen LogP contribution in [0.25, 0.3) is 0 Å². The molecule has 2 heterocycles. The largest absolute Gasteiger partial charge is 0.396 e. The predicted molar refractivity (Wildman–Crippen MR) is 60.2 cm³/mol. The Morgan fingerprint density at radius 2 is 2.56 bits per heavy atom. The summed E-state index contributed by atoms with van der Waals surface area (Å²) in [6.07, 6.45) is 4.40. The highest BCUT2D eigenvalue weighted by Gasteiger charge is 2.25. The molecule has 1 fully saturated rings. The summed E-state index contributed by atoms with van der Waals surface area (Å²) in [4.78, 5) is 13.8. The number of hydrogen-bond acceptors (Lipinski definition) is 5. The zero-order valence-electron chi connectivity index (χ0n) is 9.00. The Bertz CT molecular complexity index is 340. The number of amides is 1. The Kier molecular flexibility index (Phi) is 3.84. The van der Waals surface area contributed by atoms with Crippen molar-refractivity contribution in [2.45, 2.75) is 19.3 Å². The molecule has 0 bridgehead atoms. The van der Waals surface area contributed by atoms with E-state index in [0.29, 0.717) is 11.6 Å². The lowest BCUT2D eigenvalue weighted by Crippen LogP contribution is -2.40. The summed E-state index contributed by atoms with van der Waals surface area (Å²) in [6.45, 7) is 1.72. The molecule has 1 aromatic heterocycles. The highest BCUT2D eigenvalue weighted by Crippen LogP contribution is 2.20. The van der Waals surface area contributed by atoms with Crippen LogP contribution in [0.5, 0.6) is 0 Å². The van der Waals surface area contributed by atoms with Gasteiger partial charge in [0.15, 0.2) is 5.69 Å². The van der Waals surface area contributed by atoms with Gasteiger partial charge in [-0.3, -0.25) is 4.79 Å². The van der Waals surface area contributed by atoms with Crippen molar-refractivity contribution in [3.8, 4) is 0 Å². The van der Waals surface area contributed by atoms with Gasteiger partial charge in [0.25, 0.3) is 5.91 Å². The number of carbonyl (C=O) groups is 1. The number of rotatable bonds is 3. The maximum Gasteiger partial charge on any atom is 0.275 e. The van der Waals surface area contributed by atoms with Gasteiger partial charge in [-0.2, -0.15) is 8.75 Å². The minimum absolute atomic E-state index is 0.0311. The Morgan fingerprint density at radius 1 is 1.69 bits per heavy atom. The molecule has 0 saturated carbocycles. The SMILES string of the molecule is O=C(c1cnsn1)N1CCCC(CCO)C1. The third kappa shape index (κ3) is 2.56. The van der Waals surface area contributed by atoms with Crippen molar-refractivity contribution in [2.24, 2.45) is 5.92 Å². The normalized spacial score (nSPS) is 21.1. The standard InChI is InChI=1S/C10H15N3O2S/c14-5-3-8-2-1-4-13(7-8)10(15)9-6-11-16-12-9/h6,8,14H,1-5,7H2. The van der Waals surface area contributed by atoms with E-state index in [1.54, 1.807) is 0 Å². The fourth-order valence-electron chi connectivity index (χ4n) is 2.09. The number of aliphatic hydroxyl groups is 1. The second-order valence-electron chi connectivity index (χ2n) is 4.06. The van der Waals surface area contributed by atoms with Crippen molar-refractivity contribution in [1.29, 1.82) is 0 Å². The van der Waals surface area contributed by atoms with E-state index >= 15 is 0 Å². The lowest BCUT2D eigenvalue weighted by Gasteiger charge is -2.31. The number of aliphatic hydroxyl groups excluding tert-OH is 1. The Labute approximate surface area is 98.4 Å². The number of piperidine rings is 1. The lowest BCUT2D eigenvalue weighted by atomic mass is 9.95. The molecule has 1 unspecified atom stereocenters. The van der Waals surface area contributed by atoms with Crippen molar-refractivity contribution in [3.05, 3.63) is 11.9 Å². The van der Waals surface area contributed by atoms with Gasteiger partial charge in [-0.25, -0.2) is 0 Å². The molecule has 1 aliphatic rings. The van der Waals surface area contributed by atoms with Crippen LogP contribution >= 0.6 is 11.7 Å². The van der Waals surface area contributed by atoms with Crippen molar-refractivity contribution in [1.82, 2.24) is 13.6 Å². The average Bonchev–Trinajstić information content (AvgIpc) is 2.82. The van der Waals surface area contributed by atoms with E-state index < -0.39 is 0 Å². The smallest absolute Gasteiger partial charge is 0.275 e. The molecule has 1 atom stereocenters. The molecule has 2 rings (SSSR count). The molecule has 6 heteroatoms. The quantitative estimate of drug-likeness (QED) is 0.849. The second kappa shape index (κ2) is 5.36. The van der Waals surface area contributed by atoms with Gasteiger partial charge in [0, 0.05) is 19.7 Å². The van der Waals surface area contributed by atoms with E-state index in [2.05, 4.69) is 8.75 Å². The molecule has 1 amide bonds. The summed E-state index contributed by atoms with van der Waals surface area (Å²) in [6, 6.07) is 0. The Hall–Kier alpha value is -1.01. The molecule has 1 aromatic rings. The van der Waals surface area contributed by atoms with Crippen LogP contribution in [0.4, 0.5) is 0 Å². The van der Waals surface area contributed by atoms with Crippen LogP contribution in [-0.4, -0.2) is 44.4 Å². The monoisotopic (exact) mass is 241 g/mol. The van der Waals surface area contributed by atoms with Gasteiger partial charge in [0.2, 0.25) is 0 Å². The van der Waals surface area contributed by atoms with Crippen LogP contribution in [0.2, 0.25) is 0 Å². The number of nitrogens with zero attached hydrogens (tertiary/aromatic N) is 3. The third-order valence-corrected chi connectivity index (χ3v) is 3.40. The van der Waals surface area contributed by atoms with Crippen LogP contribution < -0.4 is 0 Å². The highest BCUT2D eigenvalue weighted by molar-refractivity contribution is 6.99. The van der Waals surface area contributed by atoms with E-state index in [1.165, 1.54) is 6.20 Å². The first-order valence-electron chi connectivity index (χ1n) is 5.49. The maximum absolute atomic E-state index is 12.0. The lowest BCUT2D eigenvalue weighted by molar-refractivity contribution is 0.0649. The van der Waals surface area contributed by atoms with Crippen molar-refractivity contribution < 1.29 is 9.90 Å². The van der Waals surface area contributed by atoms with Gasteiger partial charge in [0.1, 0.15) is 0 Å². The fourth-order valence-corrected chi connectivity index (χ4v) is 2.50. The molecule has 0 spiro atoms. The van der Waals surface area contributed by atoms with Gasteiger partial charge in [-0.15, -0.1) is 0 Å². The predicted octanol–water partition coefficient (Wildman–Crippen LogP) is 0.773. The summed E-state index contributed by atoms with van der Waals surface area (Å²) in [7, 11) is 0. The van der Waals surface area contributed by atoms with Gasteiger partial charge < -0.3 is 10.0 Å². The van der Waals surface area contributed by atoms with Gasteiger partial charge in [-0.1, -0.05) is 0 Å². The molecule has 16 heavy (non-hydrogen) atoms. The zero-order chi connectivity index (χ0) is 11.4. The summed E-state index contributed by atoms with van der Waals surface area (Å²) in [5.74, 6) is 0.394. The first-order chi connectivity index (χ1) is 7.81. The fraction of sp³-hybridized carbons (Fsp3) is 0.700. The van der Waals surface area contributed by atoms with E-state index in [1.807, 2.05) is 4.90 Å². The summed E-state index contributed by atoms with van der Waals surface area (Å²) < 4.78 is 7.79. The molecule has 1 aliphatic heterocycles. The Morgan fingerprint density at radius 3 is 3.25 bits per heavy atom. The van der Waals surface area contributed by atoms with Crippen LogP contribution in [0.3, 0.4) is 0 Å². The highest BCUT2D eigenvalue weighted by atomic mass is 32.1. The number of aromatic nitrogens is 2. The van der Waals surface area contributed by atoms with E-state index in [0.717, 1.165) is 44.1 Å². The van der Waals surface area contributed by atoms with E-state index in [4.69, 9.17) is 5.11 Å². The molecule has 1 saturated heterocycles. The van der Waals surface area contributed by atoms with Crippen molar-refractivity contribution >= 4 is 17.6 Å².